The predicted molar refractivity (Wildman–Crippen MR) is 145 cm³/mol. The molecule has 0 spiro atoms. The molecule has 0 aliphatic heterocycles. The third-order valence-corrected chi connectivity index (χ3v) is 6.62. The van der Waals surface area contributed by atoms with E-state index in [9.17, 15) is 18.0 Å². The summed E-state index contributed by atoms with van der Waals surface area (Å²) in [7, 11) is 4.00. The van der Waals surface area contributed by atoms with Crippen molar-refractivity contribution in [1.29, 1.82) is 0 Å². The van der Waals surface area contributed by atoms with E-state index in [1.807, 2.05) is 37.2 Å². The van der Waals surface area contributed by atoms with Crippen molar-refractivity contribution < 1.29 is 27.9 Å². The zero-order valence-electron chi connectivity index (χ0n) is 22.4. The number of carbonyl (C=O) groups is 2. The number of alkyl halides is 3. The second-order valence-corrected chi connectivity index (χ2v) is 9.92. The Morgan fingerprint density at radius 2 is 1.59 bits per heavy atom. The van der Waals surface area contributed by atoms with Crippen LogP contribution in [0.15, 0.2) is 48.5 Å². The largest absolute Gasteiger partial charge is 0.490 e. The van der Waals surface area contributed by atoms with Gasteiger partial charge in [-0.25, -0.2) is 9.78 Å². The number of aryl methyl sites for hydroxylation is 1. The van der Waals surface area contributed by atoms with Crippen LogP contribution in [0.1, 0.15) is 49.8 Å². The highest BCUT2D eigenvalue weighted by atomic mass is 19.4. The first-order valence-electron chi connectivity index (χ1n) is 12.7. The number of halogens is 3. The number of fused-ring (bicyclic) bond motifs is 1. The van der Waals surface area contributed by atoms with Crippen LogP contribution < -0.4 is 15.5 Å². The van der Waals surface area contributed by atoms with Gasteiger partial charge in [0.1, 0.15) is 5.82 Å². The average molecular weight is 546 g/mol. The van der Waals surface area contributed by atoms with E-state index in [4.69, 9.17) is 19.9 Å². The maximum Gasteiger partial charge on any atom is 0.490 e. The maximum absolute atomic E-state index is 12.8. The quantitative estimate of drug-likeness (QED) is 0.376. The molecule has 1 saturated carbocycles. The van der Waals surface area contributed by atoms with Crippen LogP contribution in [0.4, 0.5) is 24.9 Å². The average Bonchev–Trinajstić information content (AvgIpc) is 2.88. The van der Waals surface area contributed by atoms with Crippen molar-refractivity contribution in [2.24, 2.45) is 5.92 Å². The second-order valence-electron chi connectivity index (χ2n) is 9.92. The summed E-state index contributed by atoms with van der Waals surface area (Å²) in [6.45, 7) is 4.12. The van der Waals surface area contributed by atoms with Gasteiger partial charge in [0.25, 0.3) is 0 Å². The zero-order chi connectivity index (χ0) is 28.7. The summed E-state index contributed by atoms with van der Waals surface area (Å²) in [4.78, 5) is 33.2. The molecule has 3 aromatic rings. The van der Waals surface area contributed by atoms with E-state index < -0.39 is 12.1 Å². The molecule has 0 radical (unpaired) electrons. The van der Waals surface area contributed by atoms with E-state index in [1.54, 1.807) is 0 Å². The molecular formula is C28H34F3N5O3. The van der Waals surface area contributed by atoms with Gasteiger partial charge in [-0.2, -0.15) is 18.2 Å². The van der Waals surface area contributed by atoms with Crippen molar-refractivity contribution in [2.75, 3.05) is 24.3 Å². The van der Waals surface area contributed by atoms with Crippen molar-refractivity contribution in [2.45, 2.75) is 57.8 Å². The molecule has 0 unspecified atom stereocenters. The van der Waals surface area contributed by atoms with Gasteiger partial charge in [-0.1, -0.05) is 42.0 Å². The van der Waals surface area contributed by atoms with Crippen LogP contribution in [-0.4, -0.2) is 53.3 Å². The lowest BCUT2D eigenvalue weighted by molar-refractivity contribution is -0.192. The highest BCUT2D eigenvalue weighted by molar-refractivity contribution is 5.90. The Labute approximate surface area is 225 Å². The van der Waals surface area contributed by atoms with E-state index >= 15 is 0 Å². The zero-order valence-corrected chi connectivity index (χ0v) is 22.4. The molecule has 1 heterocycles. The van der Waals surface area contributed by atoms with Gasteiger partial charge in [-0.05, 0) is 57.2 Å². The lowest BCUT2D eigenvalue weighted by Gasteiger charge is -2.29. The molecule has 1 aliphatic carbocycles. The summed E-state index contributed by atoms with van der Waals surface area (Å²) in [5, 5.41) is 14.9. The Bertz CT molecular complexity index is 1270. The number of nitrogens with zero attached hydrogens (tertiary/aromatic N) is 3. The number of hydrogen-bond donors (Lipinski definition) is 3. The van der Waals surface area contributed by atoms with Gasteiger partial charge in [0.15, 0.2) is 0 Å². The number of rotatable bonds is 6. The number of aromatic nitrogens is 2. The SMILES string of the molecule is Cc1ccc([C@H](C)NC(=O)C2CCC(Nc3nc(N(C)C)c4ccccc4n3)CC2)cc1.O=C(O)C(F)(F)F. The first-order valence-corrected chi connectivity index (χ1v) is 12.7. The molecule has 4 rings (SSSR count). The number of carboxylic acids is 1. The standard InChI is InChI=1S/C26H33N5O.C2HF3O2/c1-17-9-11-19(12-10-17)18(2)27-25(32)20-13-15-21(16-14-20)28-26-29-23-8-6-5-7-22(23)24(30-26)31(3)4;3-2(4,5)1(6)7/h5-12,18,20-21H,13-16H2,1-4H3,(H,27,32)(H,28,29,30);(H,6,7)/t18-,20?,21?;/m0./s1. The Balaban J connectivity index is 0.000000532. The summed E-state index contributed by atoms with van der Waals surface area (Å²) in [5.41, 5.74) is 3.31. The number of nitrogens with one attached hydrogen (secondary N) is 2. The minimum Gasteiger partial charge on any atom is -0.475 e. The molecule has 0 saturated heterocycles. The molecule has 1 amide bonds. The maximum atomic E-state index is 12.8. The summed E-state index contributed by atoms with van der Waals surface area (Å²) in [6, 6.07) is 16.7. The van der Waals surface area contributed by atoms with E-state index in [2.05, 4.69) is 54.8 Å². The normalized spacial score (nSPS) is 17.9. The minimum atomic E-state index is -5.08. The molecule has 210 valence electrons. The number of carboxylic acid groups (broad SMARTS) is 1. The van der Waals surface area contributed by atoms with E-state index in [1.165, 1.54) is 5.56 Å². The van der Waals surface area contributed by atoms with Crippen LogP contribution in [0, 0.1) is 12.8 Å². The second kappa shape index (κ2) is 12.8. The highest BCUT2D eigenvalue weighted by Crippen LogP contribution is 2.29. The Morgan fingerprint density at radius 3 is 2.15 bits per heavy atom. The third-order valence-electron chi connectivity index (χ3n) is 6.62. The number of benzene rings is 2. The molecule has 8 nitrogen and oxygen atoms in total. The van der Waals surface area contributed by atoms with Gasteiger partial charge in [-0.3, -0.25) is 4.79 Å². The topological polar surface area (TPSA) is 107 Å². The lowest BCUT2D eigenvalue weighted by Crippen LogP contribution is -2.37. The monoisotopic (exact) mass is 545 g/mol. The lowest BCUT2D eigenvalue weighted by atomic mass is 9.85. The fraction of sp³-hybridized carbons (Fsp3) is 0.429. The van der Waals surface area contributed by atoms with Crippen LogP contribution in [0.5, 0.6) is 0 Å². The Morgan fingerprint density at radius 1 is 1.00 bits per heavy atom. The van der Waals surface area contributed by atoms with Crippen LogP contribution in [0.3, 0.4) is 0 Å². The van der Waals surface area contributed by atoms with Gasteiger partial charge in [0.2, 0.25) is 11.9 Å². The molecule has 2 aromatic carbocycles. The van der Waals surface area contributed by atoms with Crippen molar-refractivity contribution >= 4 is 34.5 Å². The van der Waals surface area contributed by atoms with Gasteiger partial charge >= 0.3 is 12.1 Å². The summed E-state index contributed by atoms with van der Waals surface area (Å²) < 4.78 is 31.7. The first kappa shape index (κ1) is 29.7. The predicted octanol–water partition coefficient (Wildman–Crippen LogP) is 5.49. The summed E-state index contributed by atoms with van der Waals surface area (Å²) >= 11 is 0. The van der Waals surface area contributed by atoms with Crippen LogP contribution in [0.2, 0.25) is 0 Å². The van der Waals surface area contributed by atoms with Crippen molar-refractivity contribution in [3.05, 3.63) is 59.7 Å². The number of carbonyl (C=O) groups excluding carboxylic acids is 1. The minimum absolute atomic E-state index is 0.0226. The smallest absolute Gasteiger partial charge is 0.475 e. The molecule has 39 heavy (non-hydrogen) atoms. The summed E-state index contributed by atoms with van der Waals surface area (Å²) in [6.07, 6.45) is -1.47. The molecule has 1 fully saturated rings. The first-order chi connectivity index (χ1) is 18.3. The molecule has 3 N–H and O–H groups in total. The van der Waals surface area contributed by atoms with Crippen molar-refractivity contribution in [3.63, 3.8) is 0 Å². The fourth-order valence-electron chi connectivity index (χ4n) is 4.42. The number of para-hydroxylation sites is 1. The van der Waals surface area contributed by atoms with Crippen LogP contribution >= 0.6 is 0 Å². The Hall–Kier alpha value is -3.89. The van der Waals surface area contributed by atoms with Gasteiger partial charge in [-0.15, -0.1) is 0 Å². The van der Waals surface area contributed by atoms with Crippen LogP contribution in [-0.2, 0) is 9.59 Å². The molecule has 0 bridgehead atoms. The van der Waals surface area contributed by atoms with Gasteiger partial charge in [0.05, 0.1) is 11.6 Å². The van der Waals surface area contributed by atoms with E-state index in [0.717, 1.165) is 48.0 Å². The number of hydrogen-bond acceptors (Lipinski definition) is 6. The summed E-state index contributed by atoms with van der Waals surface area (Å²) in [5.74, 6) is -0.957. The Kier molecular flexibility index (Phi) is 9.71. The molecule has 1 aromatic heterocycles. The van der Waals surface area contributed by atoms with Crippen molar-refractivity contribution in [1.82, 2.24) is 15.3 Å². The van der Waals surface area contributed by atoms with E-state index in [-0.39, 0.29) is 23.9 Å². The fourth-order valence-corrected chi connectivity index (χ4v) is 4.42. The molecular weight excluding hydrogens is 511 g/mol. The van der Waals surface area contributed by atoms with Gasteiger partial charge in [0, 0.05) is 31.4 Å². The van der Waals surface area contributed by atoms with Crippen molar-refractivity contribution in [3.8, 4) is 0 Å². The van der Waals surface area contributed by atoms with E-state index in [0.29, 0.717) is 5.95 Å². The number of anilines is 2. The number of aliphatic carboxylic acids is 1. The van der Waals surface area contributed by atoms with Gasteiger partial charge < -0.3 is 20.6 Å². The molecule has 1 atom stereocenters. The number of amides is 1. The van der Waals surface area contributed by atoms with Crippen LogP contribution in [0.25, 0.3) is 10.9 Å². The highest BCUT2D eigenvalue weighted by Gasteiger charge is 2.38. The third kappa shape index (κ3) is 8.30. The molecule has 1 aliphatic rings. The molecule has 11 heteroatoms.